The fourth-order valence-corrected chi connectivity index (χ4v) is 2.83. The number of hydrogen-bond donors (Lipinski definition) is 1. The molecule has 2 rings (SSSR count). The van der Waals surface area contributed by atoms with E-state index in [0.717, 1.165) is 5.69 Å². The van der Waals surface area contributed by atoms with Gasteiger partial charge in [0, 0.05) is 44.0 Å². The molecule has 1 saturated heterocycles. The van der Waals surface area contributed by atoms with E-state index < -0.39 is 11.0 Å². The molecule has 1 aliphatic rings. The Bertz CT molecular complexity index is 578. The lowest BCUT2D eigenvalue weighted by molar-refractivity contribution is -0.384. The minimum atomic E-state index is -0.445. The third-order valence-corrected chi connectivity index (χ3v) is 4.04. The Morgan fingerprint density at radius 2 is 1.84 bits per heavy atom. The van der Waals surface area contributed by atoms with Crippen LogP contribution in [0.15, 0.2) is 24.3 Å². The standard InChI is InChI=1S/C16H24N4O3.2ClH/c1-12(2)10-15(17)16(21)19-8-6-18(7-9-19)13-4-3-5-14(11-13)20(22)23;;/h3-5,11-12,15H,6-10,17H2,1-2H3;2*1H/t15-;;/m0../s1. The lowest BCUT2D eigenvalue weighted by atomic mass is 10.0. The normalized spacial score (nSPS) is 15.2. The molecule has 0 unspecified atom stereocenters. The SMILES string of the molecule is CC(C)C[C@H](N)C(=O)N1CCN(c2cccc([N+](=O)[O-])c2)CC1.Cl.Cl. The number of piperazine rings is 1. The van der Waals surface area contributed by atoms with Crippen molar-refractivity contribution < 1.29 is 9.72 Å². The Balaban J connectivity index is 0.00000288. The van der Waals surface area contributed by atoms with Gasteiger partial charge in [0.15, 0.2) is 0 Å². The molecule has 9 heteroatoms. The quantitative estimate of drug-likeness (QED) is 0.613. The fraction of sp³-hybridized carbons (Fsp3) is 0.562. The Morgan fingerprint density at radius 3 is 2.36 bits per heavy atom. The molecule has 1 aromatic carbocycles. The molecule has 1 heterocycles. The highest BCUT2D eigenvalue weighted by atomic mass is 35.5. The van der Waals surface area contributed by atoms with Crippen LogP contribution in [-0.2, 0) is 4.79 Å². The van der Waals surface area contributed by atoms with Crippen molar-refractivity contribution in [3.8, 4) is 0 Å². The number of nitro benzene ring substituents is 1. The monoisotopic (exact) mass is 392 g/mol. The summed E-state index contributed by atoms with van der Waals surface area (Å²) in [6.07, 6.45) is 0.684. The summed E-state index contributed by atoms with van der Waals surface area (Å²) < 4.78 is 0. The lowest BCUT2D eigenvalue weighted by Gasteiger charge is -2.37. The number of hydrogen-bond acceptors (Lipinski definition) is 5. The zero-order chi connectivity index (χ0) is 17.0. The first-order valence-electron chi connectivity index (χ1n) is 7.92. The van der Waals surface area contributed by atoms with Crippen LogP contribution in [0.25, 0.3) is 0 Å². The number of halogens is 2. The van der Waals surface area contributed by atoms with E-state index in [4.69, 9.17) is 5.73 Å². The van der Waals surface area contributed by atoms with Crippen molar-refractivity contribution in [1.82, 2.24) is 4.90 Å². The molecule has 0 spiro atoms. The van der Waals surface area contributed by atoms with Crippen molar-refractivity contribution in [2.45, 2.75) is 26.3 Å². The van der Waals surface area contributed by atoms with Crippen LogP contribution in [0.1, 0.15) is 20.3 Å². The van der Waals surface area contributed by atoms with Gasteiger partial charge in [0.05, 0.1) is 11.0 Å². The van der Waals surface area contributed by atoms with Crippen LogP contribution in [0.5, 0.6) is 0 Å². The van der Waals surface area contributed by atoms with E-state index in [-0.39, 0.29) is 36.4 Å². The van der Waals surface area contributed by atoms with Gasteiger partial charge in [0.25, 0.3) is 5.69 Å². The van der Waals surface area contributed by atoms with Crippen molar-refractivity contribution in [1.29, 1.82) is 0 Å². The summed E-state index contributed by atoms with van der Waals surface area (Å²) >= 11 is 0. The third kappa shape index (κ3) is 6.34. The zero-order valence-electron chi connectivity index (χ0n) is 14.5. The molecule has 0 radical (unpaired) electrons. The fourth-order valence-electron chi connectivity index (χ4n) is 2.83. The number of carbonyl (C=O) groups excluding carboxylic acids is 1. The summed E-state index contributed by atoms with van der Waals surface area (Å²) in [5, 5.41) is 10.9. The Morgan fingerprint density at radius 1 is 1.24 bits per heavy atom. The summed E-state index contributed by atoms with van der Waals surface area (Å²) in [7, 11) is 0. The molecule has 1 fully saturated rings. The number of benzene rings is 1. The minimum absolute atomic E-state index is 0. The summed E-state index contributed by atoms with van der Waals surface area (Å²) in [5.74, 6) is 0.387. The van der Waals surface area contributed by atoms with Gasteiger partial charge in [-0.05, 0) is 18.4 Å². The van der Waals surface area contributed by atoms with E-state index >= 15 is 0 Å². The smallest absolute Gasteiger partial charge is 0.271 e. The predicted molar refractivity (Wildman–Crippen MR) is 104 cm³/mol. The van der Waals surface area contributed by atoms with Crippen LogP contribution in [0.4, 0.5) is 11.4 Å². The molecule has 1 amide bonds. The number of anilines is 1. The van der Waals surface area contributed by atoms with Gasteiger partial charge in [-0.2, -0.15) is 0 Å². The summed E-state index contributed by atoms with van der Waals surface area (Å²) in [6.45, 7) is 6.59. The Hall–Kier alpha value is -1.57. The van der Waals surface area contributed by atoms with Crippen LogP contribution in [0.2, 0.25) is 0 Å². The molecule has 7 nitrogen and oxygen atoms in total. The van der Waals surface area contributed by atoms with Crippen LogP contribution < -0.4 is 10.6 Å². The first-order valence-corrected chi connectivity index (χ1v) is 7.92. The van der Waals surface area contributed by atoms with Gasteiger partial charge in [0.2, 0.25) is 5.91 Å². The average Bonchev–Trinajstić information content (AvgIpc) is 2.53. The van der Waals surface area contributed by atoms with Crippen LogP contribution in [0.3, 0.4) is 0 Å². The van der Waals surface area contributed by atoms with Crippen molar-refractivity contribution in [3.63, 3.8) is 0 Å². The first kappa shape index (κ1) is 23.4. The maximum absolute atomic E-state index is 12.3. The molecule has 25 heavy (non-hydrogen) atoms. The first-order chi connectivity index (χ1) is 10.9. The minimum Gasteiger partial charge on any atom is -0.368 e. The lowest BCUT2D eigenvalue weighted by Crippen LogP contribution is -2.53. The second-order valence-electron chi connectivity index (χ2n) is 6.33. The molecule has 1 aliphatic heterocycles. The van der Waals surface area contributed by atoms with Crippen LogP contribution in [0, 0.1) is 16.0 Å². The van der Waals surface area contributed by atoms with E-state index in [0.29, 0.717) is 38.5 Å². The molecule has 0 saturated carbocycles. The Kier molecular flexibility index (Phi) is 9.77. The number of nitro groups is 1. The molecule has 0 bridgehead atoms. The number of nitrogens with zero attached hydrogens (tertiary/aromatic N) is 3. The summed E-state index contributed by atoms with van der Waals surface area (Å²) in [5.41, 5.74) is 6.87. The van der Waals surface area contributed by atoms with E-state index in [2.05, 4.69) is 4.90 Å². The number of rotatable bonds is 5. The summed E-state index contributed by atoms with van der Waals surface area (Å²) in [4.78, 5) is 26.6. The highest BCUT2D eigenvalue weighted by Crippen LogP contribution is 2.22. The van der Waals surface area contributed by atoms with Gasteiger partial charge in [-0.1, -0.05) is 19.9 Å². The molecule has 0 aliphatic carbocycles. The van der Waals surface area contributed by atoms with Crippen LogP contribution in [-0.4, -0.2) is 48.0 Å². The van der Waals surface area contributed by atoms with Crippen molar-refractivity contribution in [3.05, 3.63) is 34.4 Å². The van der Waals surface area contributed by atoms with Gasteiger partial charge >= 0.3 is 0 Å². The van der Waals surface area contributed by atoms with Crippen molar-refractivity contribution in [2.75, 3.05) is 31.1 Å². The van der Waals surface area contributed by atoms with E-state index in [9.17, 15) is 14.9 Å². The predicted octanol–water partition coefficient (Wildman–Crippen LogP) is 2.46. The molecule has 1 aromatic rings. The second kappa shape index (κ2) is 10.4. The average molecular weight is 393 g/mol. The molecule has 2 N–H and O–H groups in total. The van der Waals surface area contributed by atoms with E-state index in [1.807, 2.05) is 19.9 Å². The summed E-state index contributed by atoms with van der Waals surface area (Å²) in [6, 6.07) is 6.15. The molecule has 0 aromatic heterocycles. The third-order valence-electron chi connectivity index (χ3n) is 4.04. The van der Waals surface area contributed by atoms with Crippen LogP contribution >= 0.6 is 24.8 Å². The molecule has 142 valence electrons. The largest absolute Gasteiger partial charge is 0.368 e. The van der Waals surface area contributed by atoms with Gasteiger partial charge in [-0.15, -0.1) is 24.8 Å². The number of nitrogens with two attached hydrogens (primary N) is 1. The highest BCUT2D eigenvalue weighted by molar-refractivity contribution is 5.85. The van der Waals surface area contributed by atoms with Crippen molar-refractivity contribution in [2.24, 2.45) is 11.7 Å². The maximum atomic E-state index is 12.3. The number of non-ortho nitro benzene ring substituents is 1. The Labute approximate surface area is 160 Å². The topological polar surface area (TPSA) is 92.7 Å². The number of carbonyl (C=O) groups is 1. The molecule has 1 atom stereocenters. The molecular weight excluding hydrogens is 367 g/mol. The van der Waals surface area contributed by atoms with Crippen molar-refractivity contribution >= 4 is 42.1 Å². The zero-order valence-corrected chi connectivity index (χ0v) is 16.1. The van der Waals surface area contributed by atoms with Gasteiger partial charge in [0.1, 0.15) is 0 Å². The van der Waals surface area contributed by atoms with E-state index in [1.54, 1.807) is 17.0 Å². The van der Waals surface area contributed by atoms with Gasteiger partial charge in [-0.3, -0.25) is 14.9 Å². The highest BCUT2D eigenvalue weighted by Gasteiger charge is 2.26. The molecular formula is C16H26Cl2N4O3. The second-order valence-corrected chi connectivity index (χ2v) is 6.33. The number of amides is 1. The van der Waals surface area contributed by atoms with Gasteiger partial charge in [-0.25, -0.2) is 0 Å². The van der Waals surface area contributed by atoms with Gasteiger partial charge < -0.3 is 15.5 Å². The maximum Gasteiger partial charge on any atom is 0.271 e. The van der Waals surface area contributed by atoms with E-state index in [1.165, 1.54) is 6.07 Å².